The largest absolute Gasteiger partial charge is 0.326 e. The molecule has 0 aliphatic carbocycles. The maximum Gasteiger partial charge on any atom is 0.262 e. The lowest BCUT2D eigenvalue weighted by Gasteiger charge is -2.10. The minimum absolute atomic E-state index is 0.0886. The van der Waals surface area contributed by atoms with Gasteiger partial charge in [0, 0.05) is 30.8 Å². The average molecular weight is 466 g/mol. The lowest BCUT2D eigenvalue weighted by Crippen LogP contribution is -2.29. The summed E-state index contributed by atoms with van der Waals surface area (Å²) in [6.45, 7) is 4.57. The van der Waals surface area contributed by atoms with E-state index in [0.29, 0.717) is 30.9 Å². The minimum atomic E-state index is -3.74. The normalized spacial score (nSPS) is 13.6. The van der Waals surface area contributed by atoms with Crippen LogP contribution in [0, 0.1) is 13.8 Å². The maximum atomic E-state index is 12.6. The molecule has 2 aromatic carbocycles. The van der Waals surface area contributed by atoms with Crippen LogP contribution >= 0.6 is 0 Å². The summed E-state index contributed by atoms with van der Waals surface area (Å²) in [4.78, 5) is 16.8. The van der Waals surface area contributed by atoms with E-state index >= 15 is 0 Å². The van der Waals surface area contributed by atoms with Gasteiger partial charge >= 0.3 is 0 Å². The van der Waals surface area contributed by atoms with Crippen LogP contribution in [-0.2, 0) is 21.2 Å². The number of aromatic nitrogens is 2. The monoisotopic (exact) mass is 465 g/mol. The molecule has 33 heavy (non-hydrogen) atoms. The van der Waals surface area contributed by atoms with Crippen molar-refractivity contribution in [3.63, 3.8) is 0 Å². The molecule has 8 nitrogen and oxygen atoms in total. The smallest absolute Gasteiger partial charge is 0.262 e. The topological polar surface area (TPSA) is 105 Å². The summed E-state index contributed by atoms with van der Waals surface area (Å²) in [5.74, 6) is 0.287. The molecule has 2 N–H and O–H groups in total. The van der Waals surface area contributed by atoms with Gasteiger partial charge < -0.3 is 5.32 Å². The van der Waals surface area contributed by atoms with Crippen LogP contribution in [0.5, 0.6) is 0 Å². The Morgan fingerprint density at radius 2 is 1.88 bits per heavy atom. The van der Waals surface area contributed by atoms with Crippen molar-refractivity contribution < 1.29 is 13.2 Å². The van der Waals surface area contributed by atoms with E-state index in [0.717, 1.165) is 29.1 Å². The standard InChI is InChI=1S/C24H27N5O3S/c1-17-22(18(2)29(27-17)20-9-4-3-5-10-20)13-14-24(30)26-19-8-6-11-21(16-19)33(31,32)28-23-12-7-15-25-23/h3-6,8-11,16H,7,12-15H2,1-2H3,(H,25,28)(H,26,30). The zero-order valence-corrected chi connectivity index (χ0v) is 19.5. The summed E-state index contributed by atoms with van der Waals surface area (Å²) in [6.07, 6.45) is 2.26. The second kappa shape index (κ2) is 9.58. The van der Waals surface area contributed by atoms with Crippen LogP contribution in [0.15, 0.2) is 64.5 Å². The van der Waals surface area contributed by atoms with Gasteiger partial charge in [-0.15, -0.1) is 0 Å². The molecule has 3 aromatic rings. The molecule has 0 unspecified atom stereocenters. The molecule has 0 radical (unpaired) electrons. The van der Waals surface area contributed by atoms with E-state index in [1.165, 1.54) is 12.1 Å². The fourth-order valence-corrected chi connectivity index (χ4v) is 5.03. The summed E-state index contributed by atoms with van der Waals surface area (Å²) in [6, 6.07) is 16.1. The molecular formula is C24H27N5O3S. The number of benzene rings is 2. The number of aliphatic imine (C=N–C) groups is 1. The Morgan fingerprint density at radius 1 is 1.09 bits per heavy atom. The second-order valence-corrected chi connectivity index (χ2v) is 9.69. The Labute approximate surface area is 193 Å². The molecule has 1 aliphatic rings. The summed E-state index contributed by atoms with van der Waals surface area (Å²) in [7, 11) is -3.74. The molecule has 0 saturated heterocycles. The van der Waals surface area contributed by atoms with Gasteiger partial charge in [0.2, 0.25) is 5.91 Å². The molecule has 0 bridgehead atoms. The molecule has 1 aliphatic heterocycles. The molecule has 9 heteroatoms. The Balaban J connectivity index is 1.41. The molecule has 0 fully saturated rings. The number of amides is 1. The van der Waals surface area contributed by atoms with Gasteiger partial charge in [-0.25, -0.2) is 13.1 Å². The van der Waals surface area contributed by atoms with Gasteiger partial charge in [-0.05, 0) is 62.6 Å². The Hall–Kier alpha value is -3.46. The molecule has 0 saturated carbocycles. The summed E-state index contributed by atoms with van der Waals surface area (Å²) in [5.41, 5.74) is 4.33. The zero-order chi connectivity index (χ0) is 23.4. The lowest BCUT2D eigenvalue weighted by molar-refractivity contribution is -0.116. The molecule has 1 amide bonds. The van der Waals surface area contributed by atoms with Crippen LogP contribution in [0.3, 0.4) is 0 Å². The van der Waals surface area contributed by atoms with E-state index in [1.807, 2.05) is 48.9 Å². The summed E-state index contributed by atoms with van der Waals surface area (Å²) < 4.78 is 29.6. The maximum absolute atomic E-state index is 12.6. The lowest BCUT2D eigenvalue weighted by atomic mass is 10.1. The number of para-hydroxylation sites is 1. The van der Waals surface area contributed by atoms with Crippen molar-refractivity contribution in [1.29, 1.82) is 0 Å². The van der Waals surface area contributed by atoms with E-state index in [2.05, 4.69) is 20.1 Å². The number of hydrogen-bond acceptors (Lipinski definition) is 5. The number of aryl methyl sites for hydroxylation is 1. The van der Waals surface area contributed by atoms with Crippen LogP contribution < -0.4 is 10.0 Å². The number of carbonyl (C=O) groups is 1. The van der Waals surface area contributed by atoms with Gasteiger partial charge in [0.25, 0.3) is 10.0 Å². The van der Waals surface area contributed by atoms with E-state index in [4.69, 9.17) is 0 Å². The van der Waals surface area contributed by atoms with Crippen molar-refractivity contribution >= 4 is 27.5 Å². The van der Waals surface area contributed by atoms with Crippen molar-refractivity contribution in [2.45, 2.75) is 44.4 Å². The van der Waals surface area contributed by atoms with Crippen LogP contribution in [0.1, 0.15) is 36.2 Å². The first-order chi connectivity index (χ1) is 15.8. The van der Waals surface area contributed by atoms with Crippen LogP contribution in [0.4, 0.5) is 5.69 Å². The van der Waals surface area contributed by atoms with Gasteiger partial charge in [0.05, 0.1) is 16.3 Å². The number of sulfonamides is 1. The third kappa shape index (κ3) is 5.31. The number of nitrogens with zero attached hydrogens (tertiary/aromatic N) is 3. The SMILES string of the molecule is Cc1nn(-c2ccccc2)c(C)c1CCC(=O)Nc1cccc(S(=O)(=O)NC2=NCCC2)c1. The predicted octanol–water partition coefficient (Wildman–Crippen LogP) is 3.53. The first-order valence-corrected chi connectivity index (χ1v) is 12.4. The number of rotatable bonds is 7. The van der Waals surface area contributed by atoms with E-state index in [1.54, 1.807) is 12.1 Å². The highest BCUT2D eigenvalue weighted by Gasteiger charge is 2.19. The Morgan fingerprint density at radius 3 is 2.61 bits per heavy atom. The fourth-order valence-electron chi connectivity index (χ4n) is 3.90. The van der Waals surface area contributed by atoms with E-state index in [9.17, 15) is 13.2 Å². The van der Waals surface area contributed by atoms with Crippen molar-refractivity contribution in [2.24, 2.45) is 4.99 Å². The Kier molecular flexibility index (Phi) is 6.60. The molecule has 0 atom stereocenters. The highest BCUT2D eigenvalue weighted by Crippen LogP contribution is 2.20. The van der Waals surface area contributed by atoms with Crippen LogP contribution in [0.25, 0.3) is 5.69 Å². The quantitative estimate of drug-likeness (QED) is 0.557. The van der Waals surface area contributed by atoms with E-state index in [-0.39, 0.29) is 17.2 Å². The summed E-state index contributed by atoms with van der Waals surface area (Å²) in [5, 5.41) is 7.43. The summed E-state index contributed by atoms with van der Waals surface area (Å²) >= 11 is 0. The third-order valence-electron chi connectivity index (χ3n) is 5.60. The highest BCUT2D eigenvalue weighted by atomic mass is 32.2. The van der Waals surface area contributed by atoms with Crippen molar-refractivity contribution in [3.8, 4) is 5.69 Å². The average Bonchev–Trinajstić information content (AvgIpc) is 3.40. The predicted molar refractivity (Wildman–Crippen MR) is 128 cm³/mol. The van der Waals surface area contributed by atoms with Gasteiger partial charge in [-0.1, -0.05) is 24.3 Å². The molecule has 2 heterocycles. The molecule has 0 spiro atoms. The fraction of sp³-hybridized carbons (Fsp3) is 0.292. The van der Waals surface area contributed by atoms with Crippen LogP contribution in [0.2, 0.25) is 0 Å². The van der Waals surface area contributed by atoms with Gasteiger partial charge in [-0.2, -0.15) is 5.10 Å². The Bertz CT molecular complexity index is 1300. The number of carbonyl (C=O) groups excluding carboxylic acids is 1. The van der Waals surface area contributed by atoms with Crippen LogP contribution in [-0.4, -0.2) is 36.5 Å². The first-order valence-electron chi connectivity index (χ1n) is 10.9. The number of nitrogens with one attached hydrogen (secondary N) is 2. The third-order valence-corrected chi connectivity index (χ3v) is 6.98. The molecule has 4 rings (SSSR count). The molecule has 1 aromatic heterocycles. The first kappa shape index (κ1) is 22.7. The molecular weight excluding hydrogens is 438 g/mol. The van der Waals surface area contributed by atoms with E-state index < -0.39 is 10.0 Å². The minimum Gasteiger partial charge on any atom is -0.326 e. The van der Waals surface area contributed by atoms with Gasteiger partial charge in [-0.3, -0.25) is 14.5 Å². The van der Waals surface area contributed by atoms with Gasteiger partial charge in [0.15, 0.2) is 0 Å². The number of amidine groups is 1. The van der Waals surface area contributed by atoms with Gasteiger partial charge in [0.1, 0.15) is 5.84 Å². The second-order valence-electron chi connectivity index (χ2n) is 8.01. The number of hydrogen-bond donors (Lipinski definition) is 2. The van der Waals surface area contributed by atoms with Crippen molar-refractivity contribution in [2.75, 3.05) is 11.9 Å². The van der Waals surface area contributed by atoms with Crippen molar-refractivity contribution in [3.05, 3.63) is 71.5 Å². The number of anilines is 1. The van der Waals surface area contributed by atoms with Crippen molar-refractivity contribution in [1.82, 2.24) is 14.5 Å². The zero-order valence-electron chi connectivity index (χ0n) is 18.7. The molecule has 172 valence electrons. The highest BCUT2D eigenvalue weighted by molar-refractivity contribution is 7.90.